The van der Waals surface area contributed by atoms with Gasteiger partial charge in [-0.1, -0.05) is 6.07 Å². The number of carbonyl (C=O) groups is 1. The fraction of sp³-hybridized carbons (Fsp3) is 0.222. The molecule has 10 heteroatoms. The van der Waals surface area contributed by atoms with Crippen molar-refractivity contribution in [3.05, 3.63) is 55.1 Å². The Morgan fingerprint density at radius 3 is 2.64 bits per heavy atom. The van der Waals surface area contributed by atoms with Crippen LogP contribution >= 0.6 is 22.6 Å². The molecule has 0 aliphatic rings. The summed E-state index contributed by atoms with van der Waals surface area (Å²) >= 11 is 2.10. The van der Waals surface area contributed by atoms with E-state index in [1.165, 1.54) is 25.5 Å². The number of hydrogen-bond acceptors (Lipinski definition) is 7. The van der Waals surface area contributed by atoms with Gasteiger partial charge in [0, 0.05) is 6.07 Å². The summed E-state index contributed by atoms with van der Waals surface area (Å²) in [7, 11) is 3.07. The van der Waals surface area contributed by atoms with Gasteiger partial charge >= 0.3 is 5.69 Å². The van der Waals surface area contributed by atoms with Crippen LogP contribution in [0.3, 0.4) is 0 Å². The molecule has 0 radical (unpaired) electrons. The summed E-state index contributed by atoms with van der Waals surface area (Å²) in [6, 6.07) is 8.02. The molecule has 0 aliphatic heterocycles. The molecule has 0 spiro atoms. The van der Waals surface area contributed by atoms with Gasteiger partial charge in [0.1, 0.15) is 0 Å². The fourth-order valence-electron chi connectivity index (χ4n) is 2.26. The average molecular weight is 499 g/mol. The van der Waals surface area contributed by atoms with E-state index in [0.717, 1.165) is 9.13 Å². The molecule has 0 heterocycles. The third-order valence-electron chi connectivity index (χ3n) is 3.53. The lowest BCUT2D eigenvalue weighted by atomic mass is 10.2. The summed E-state index contributed by atoms with van der Waals surface area (Å²) < 4.78 is 16.6. The standard InChI is InChI=1S/C18H18IN3O6/c1-11-4-5-15(14(6-11)22(24)25)28-10-17(23)21-20-9-12-7-13(19)18(27-3)16(8-12)26-2/h4-9H,10H2,1-3H3,(H,21,23)/b20-9-. The van der Waals surface area contributed by atoms with Gasteiger partial charge < -0.3 is 14.2 Å². The molecule has 148 valence electrons. The topological polar surface area (TPSA) is 112 Å². The molecule has 1 N–H and O–H groups in total. The first-order chi connectivity index (χ1) is 13.3. The number of ether oxygens (including phenoxy) is 3. The number of nitrogens with zero attached hydrogens (tertiary/aromatic N) is 2. The Labute approximate surface area is 175 Å². The van der Waals surface area contributed by atoms with Gasteiger partial charge in [0.15, 0.2) is 23.9 Å². The molecule has 0 bridgehead atoms. The second-order valence-electron chi connectivity index (χ2n) is 5.55. The molecule has 1 amide bonds. The summed E-state index contributed by atoms with van der Waals surface area (Å²) in [6.45, 7) is 1.32. The minimum atomic E-state index is -0.558. The number of aryl methyl sites for hydroxylation is 1. The number of halogens is 1. The van der Waals surface area contributed by atoms with Crippen molar-refractivity contribution in [3.63, 3.8) is 0 Å². The Kier molecular flexibility index (Phi) is 7.55. The first-order valence-corrected chi connectivity index (χ1v) is 9.04. The van der Waals surface area contributed by atoms with Crippen molar-refractivity contribution < 1.29 is 23.9 Å². The fourth-order valence-corrected chi connectivity index (χ4v) is 3.10. The van der Waals surface area contributed by atoms with Crippen LogP contribution in [0, 0.1) is 20.6 Å². The Morgan fingerprint density at radius 2 is 2.00 bits per heavy atom. The van der Waals surface area contributed by atoms with Crippen LogP contribution in [0.5, 0.6) is 17.2 Å². The summed E-state index contributed by atoms with van der Waals surface area (Å²) in [6.07, 6.45) is 1.44. The van der Waals surface area contributed by atoms with Gasteiger partial charge in [-0.05, 0) is 58.8 Å². The van der Waals surface area contributed by atoms with Crippen LogP contribution in [-0.4, -0.2) is 37.9 Å². The second kappa shape index (κ2) is 9.88. The Hall–Kier alpha value is -2.89. The molecular weight excluding hydrogens is 481 g/mol. The van der Waals surface area contributed by atoms with E-state index in [4.69, 9.17) is 14.2 Å². The SMILES string of the molecule is COc1cc(/C=N\NC(=O)COc2ccc(C)cc2[N+](=O)[O-])cc(I)c1OC. The van der Waals surface area contributed by atoms with Crippen molar-refractivity contribution in [1.82, 2.24) is 5.43 Å². The van der Waals surface area contributed by atoms with Crippen LogP contribution in [0.1, 0.15) is 11.1 Å². The van der Waals surface area contributed by atoms with Crippen molar-refractivity contribution >= 4 is 40.4 Å². The average Bonchev–Trinajstić information content (AvgIpc) is 2.66. The monoisotopic (exact) mass is 499 g/mol. The normalized spacial score (nSPS) is 10.6. The van der Waals surface area contributed by atoms with Crippen molar-refractivity contribution in [1.29, 1.82) is 0 Å². The van der Waals surface area contributed by atoms with Gasteiger partial charge in [-0.2, -0.15) is 5.10 Å². The van der Waals surface area contributed by atoms with Crippen molar-refractivity contribution in [2.45, 2.75) is 6.92 Å². The number of hydrazone groups is 1. The zero-order valence-corrected chi connectivity index (χ0v) is 17.6. The maximum atomic E-state index is 11.9. The van der Waals surface area contributed by atoms with Crippen LogP contribution in [-0.2, 0) is 4.79 Å². The molecular formula is C18H18IN3O6. The highest BCUT2D eigenvalue weighted by Crippen LogP contribution is 2.33. The third kappa shape index (κ3) is 5.55. The van der Waals surface area contributed by atoms with Crippen molar-refractivity contribution in [2.24, 2.45) is 5.10 Å². The zero-order chi connectivity index (χ0) is 20.7. The van der Waals surface area contributed by atoms with Gasteiger partial charge in [0.25, 0.3) is 5.91 Å². The third-order valence-corrected chi connectivity index (χ3v) is 4.33. The van der Waals surface area contributed by atoms with Gasteiger partial charge in [0.05, 0.1) is 28.9 Å². The molecule has 0 saturated carbocycles. The zero-order valence-electron chi connectivity index (χ0n) is 15.4. The largest absolute Gasteiger partial charge is 0.493 e. The highest BCUT2D eigenvalue weighted by molar-refractivity contribution is 14.1. The van der Waals surface area contributed by atoms with E-state index < -0.39 is 17.4 Å². The van der Waals surface area contributed by atoms with Crippen LogP contribution < -0.4 is 19.6 Å². The number of nitro benzene ring substituents is 1. The number of methoxy groups -OCH3 is 2. The molecule has 0 unspecified atom stereocenters. The van der Waals surface area contributed by atoms with E-state index in [2.05, 4.69) is 33.1 Å². The highest BCUT2D eigenvalue weighted by atomic mass is 127. The lowest BCUT2D eigenvalue weighted by Gasteiger charge is -2.10. The lowest BCUT2D eigenvalue weighted by Crippen LogP contribution is -2.24. The molecule has 0 saturated heterocycles. The van der Waals surface area contributed by atoms with Gasteiger partial charge in [-0.25, -0.2) is 5.43 Å². The number of carbonyl (C=O) groups excluding carboxylic acids is 1. The first-order valence-electron chi connectivity index (χ1n) is 7.97. The van der Waals surface area contributed by atoms with Crippen LogP contribution in [0.15, 0.2) is 35.4 Å². The van der Waals surface area contributed by atoms with E-state index in [9.17, 15) is 14.9 Å². The van der Waals surface area contributed by atoms with Gasteiger partial charge in [-0.3, -0.25) is 14.9 Å². The van der Waals surface area contributed by atoms with Crippen molar-refractivity contribution in [3.8, 4) is 17.2 Å². The maximum Gasteiger partial charge on any atom is 0.311 e. The number of amides is 1. The smallest absolute Gasteiger partial charge is 0.311 e. The molecule has 9 nitrogen and oxygen atoms in total. The molecule has 28 heavy (non-hydrogen) atoms. The molecule has 0 aromatic heterocycles. The molecule has 0 aliphatic carbocycles. The minimum Gasteiger partial charge on any atom is -0.493 e. The summed E-state index contributed by atoms with van der Waals surface area (Å²) in [4.78, 5) is 22.4. The minimum absolute atomic E-state index is 0.0178. The number of benzene rings is 2. The second-order valence-corrected chi connectivity index (χ2v) is 6.71. The first kappa shape index (κ1) is 21.4. The van der Waals surface area contributed by atoms with E-state index in [1.807, 2.05) is 6.07 Å². The Bertz CT molecular complexity index is 916. The Morgan fingerprint density at radius 1 is 1.25 bits per heavy atom. The van der Waals surface area contributed by atoms with Gasteiger partial charge in [0.2, 0.25) is 0 Å². The highest BCUT2D eigenvalue weighted by Gasteiger charge is 2.16. The van der Waals surface area contributed by atoms with E-state index in [-0.39, 0.29) is 11.4 Å². The van der Waals surface area contributed by atoms with E-state index in [1.54, 1.807) is 26.2 Å². The molecule has 2 aromatic carbocycles. The predicted octanol–water partition coefficient (Wildman–Crippen LogP) is 3.05. The number of nitro groups is 1. The van der Waals surface area contributed by atoms with Crippen LogP contribution in [0.4, 0.5) is 5.69 Å². The summed E-state index contributed by atoms with van der Waals surface area (Å²) in [5.74, 6) is 0.611. The molecule has 0 fully saturated rings. The molecule has 2 aromatic rings. The Balaban J connectivity index is 1.98. The van der Waals surface area contributed by atoms with E-state index in [0.29, 0.717) is 17.1 Å². The summed E-state index contributed by atoms with van der Waals surface area (Å²) in [5.41, 5.74) is 3.52. The summed E-state index contributed by atoms with van der Waals surface area (Å²) in [5, 5.41) is 14.9. The number of nitrogens with one attached hydrogen (secondary N) is 1. The lowest BCUT2D eigenvalue weighted by molar-refractivity contribution is -0.385. The van der Waals surface area contributed by atoms with E-state index >= 15 is 0 Å². The van der Waals surface area contributed by atoms with Crippen molar-refractivity contribution in [2.75, 3.05) is 20.8 Å². The maximum absolute atomic E-state index is 11.9. The van der Waals surface area contributed by atoms with Gasteiger partial charge in [-0.15, -0.1) is 0 Å². The number of rotatable bonds is 8. The number of hydrogen-bond donors (Lipinski definition) is 1. The molecule has 2 rings (SSSR count). The van der Waals surface area contributed by atoms with Crippen LogP contribution in [0.2, 0.25) is 0 Å². The quantitative estimate of drug-likeness (QED) is 0.259. The predicted molar refractivity (Wildman–Crippen MR) is 111 cm³/mol. The molecule has 0 atom stereocenters. The van der Waals surface area contributed by atoms with Crippen LogP contribution in [0.25, 0.3) is 0 Å².